The summed E-state index contributed by atoms with van der Waals surface area (Å²) in [4.78, 5) is 2.61. The van der Waals surface area contributed by atoms with Crippen molar-refractivity contribution >= 4 is 0 Å². The van der Waals surface area contributed by atoms with Crippen LogP contribution in [0.5, 0.6) is 0 Å². The Bertz CT molecular complexity index is 229. The number of unbranched alkanes of at least 4 members (excludes halogenated alkanes) is 2. The second kappa shape index (κ2) is 4.06. The van der Waals surface area contributed by atoms with Gasteiger partial charge in [-0.25, -0.2) is 0 Å². The van der Waals surface area contributed by atoms with Crippen LogP contribution in [0.25, 0.3) is 0 Å². The van der Waals surface area contributed by atoms with Gasteiger partial charge in [-0.3, -0.25) is 4.90 Å². The van der Waals surface area contributed by atoms with Crippen molar-refractivity contribution in [2.75, 3.05) is 13.1 Å². The quantitative estimate of drug-likeness (QED) is 0.705. The van der Waals surface area contributed by atoms with Crippen molar-refractivity contribution in [3.05, 3.63) is 0 Å². The molecule has 2 nitrogen and oxygen atoms in total. The molecule has 1 aliphatic heterocycles. The Kier molecular flexibility index (Phi) is 3.09. The van der Waals surface area contributed by atoms with Gasteiger partial charge in [0.25, 0.3) is 0 Å². The number of piperidine rings is 1. The summed E-state index contributed by atoms with van der Waals surface area (Å²) in [7, 11) is 0. The molecular formula is C13H26N2. The zero-order valence-corrected chi connectivity index (χ0v) is 10.5. The maximum absolute atomic E-state index is 6.34. The predicted molar refractivity (Wildman–Crippen MR) is 64.7 cm³/mol. The summed E-state index contributed by atoms with van der Waals surface area (Å²) in [5.41, 5.74) is 6.53. The lowest BCUT2D eigenvalue weighted by Crippen LogP contribution is -2.40. The molecular weight excluding hydrogens is 184 g/mol. The zero-order valence-electron chi connectivity index (χ0n) is 10.5. The number of likely N-dealkylation sites (tertiary alicyclic amines) is 1. The van der Waals surface area contributed by atoms with E-state index in [0.717, 1.165) is 24.4 Å². The summed E-state index contributed by atoms with van der Waals surface area (Å²) in [6.45, 7) is 9.35. The highest BCUT2D eigenvalue weighted by molar-refractivity contribution is 5.21. The molecule has 2 rings (SSSR count). The molecule has 0 bridgehead atoms. The van der Waals surface area contributed by atoms with Crippen LogP contribution in [-0.2, 0) is 0 Å². The molecule has 0 spiro atoms. The fourth-order valence-corrected chi connectivity index (χ4v) is 3.22. The van der Waals surface area contributed by atoms with Crippen LogP contribution in [0.1, 0.15) is 46.5 Å². The molecule has 88 valence electrons. The molecule has 1 saturated carbocycles. The minimum Gasteiger partial charge on any atom is -0.323 e. The second-order valence-corrected chi connectivity index (χ2v) is 5.78. The van der Waals surface area contributed by atoms with Gasteiger partial charge in [0.2, 0.25) is 0 Å². The Morgan fingerprint density at radius 2 is 2.20 bits per heavy atom. The lowest BCUT2D eigenvalue weighted by molar-refractivity contribution is 0.204. The van der Waals surface area contributed by atoms with Crippen LogP contribution in [-0.4, -0.2) is 29.6 Å². The van der Waals surface area contributed by atoms with Crippen molar-refractivity contribution in [3.8, 4) is 0 Å². The lowest BCUT2D eigenvalue weighted by Gasteiger charge is -2.27. The van der Waals surface area contributed by atoms with Crippen molar-refractivity contribution in [2.45, 2.75) is 58.0 Å². The highest BCUT2D eigenvalue weighted by Crippen LogP contribution is 2.53. The highest BCUT2D eigenvalue weighted by Gasteiger charge is 2.64. The van der Waals surface area contributed by atoms with E-state index in [4.69, 9.17) is 5.73 Å². The van der Waals surface area contributed by atoms with Crippen molar-refractivity contribution in [1.29, 1.82) is 0 Å². The molecule has 2 aliphatic rings. The van der Waals surface area contributed by atoms with Gasteiger partial charge in [0, 0.05) is 24.7 Å². The molecule has 0 radical (unpaired) electrons. The fourth-order valence-electron chi connectivity index (χ4n) is 3.22. The van der Waals surface area contributed by atoms with Gasteiger partial charge in [-0.15, -0.1) is 0 Å². The molecule has 2 fully saturated rings. The van der Waals surface area contributed by atoms with E-state index >= 15 is 0 Å². The number of nitrogens with zero attached hydrogens (tertiary/aromatic N) is 1. The molecule has 0 aromatic carbocycles. The van der Waals surface area contributed by atoms with Crippen LogP contribution in [0.2, 0.25) is 0 Å². The standard InChI is InChI=1S/C13H26N2/c1-4-5-6-7-10(2)15-8-12-11(3)13(12,14)9-15/h10-12H,4-9,14H2,1-3H3/t10?,11-,12?,13+/m1/s1. The van der Waals surface area contributed by atoms with E-state index in [9.17, 15) is 0 Å². The summed E-state index contributed by atoms with van der Waals surface area (Å²) in [6, 6.07) is 0.747. The van der Waals surface area contributed by atoms with E-state index in [1.165, 1.54) is 32.2 Å². The third kappa shape index (κ3) is 1.94. The first-order valence-corrected chi connectivity index (χ1v) is 6.62. The number of rotatable bonds is 5. The Balaban J connectivity index is 1.73. The van der Waals surface area contributed by atoms with Crippen molar-refractivity contribution in [2.24, 2.45) is 17.6 Å². The maximum Gasteiger partial charge on any atom is 0.0357 e. The predicted octanol–water partition coefficient (Wildman–Crippen LogP) is 2.23. The molecule has 0 amide bonds. The molecule has 1 aliphatic carbocycles. The number of nitrogens with two attached hydrogens (primary N) is 1. The summed E-state index contributed by atoms with van der Waals surface area (Å²) in [5, 5.41) is 0. The molecule has 2 N–H and O–H groups in total. The van der Waals surface area contributed by atoms with Crippen LogP contribution >= 0.6 is 0 Å². The highest BCUT2D eigenvalue weighted by atomic mass is 15.3. The molecule has 1 heterocycles. The van der Waals surface area contributed by atoms with E-state index in [-0.39, 0.29) is 5.54 Å². The van der Waals surface area contributed by atoms with Crippen molar-refractivity contribution in [1.82, 2.24) is 4.90 Å². The Morgan fingerprint density at radius 1 is 1.47 bits per heavy atom. The SMILES string of the molecule is CCCCCC(C)N1CC2[C@@H](C)[C@@]2(N)C1. The summed E-state index contributed by atoms with van der Waals surface area (Å²) < 4.78 is 0. The van der Waals surface area contributed by atoms with E-state index in [1.807, 2.05) is 0 Å². The largest absolute Gasteiger partial charge is 0.323 e. The fraction of sp³-hybridized carbons (Fsp3) is 1.00. The van der Waals surface area contributed by atoms with Crippen LogP contribution in [0.3, 0.4) is 0 Å². The summed E-state index contributed by atoms with van der Waals surface area (Å²) in [5.74, 6) is 1.57. The minimum atomic E-state index is 0.193. The smallest absolute Gasteiger partial charge is 0.0357 e. The lowest BCUT2D eigenvalue weighted by atomic mass is 10.1. The van der Waals surface area contributed by atoms with Crippen LogP contribution in [0, 0.1) is 11.8 Å². The zero-order chi connectivity index (χ0) is 11.1. The van der Waals surface area contributed by atoms with E-state index in [1.54, 1.807) is 0 Å². The number of hydrogen-bond acceptors (Lipinski definition) is 2. The van der Waals surface area contributed by atoms with Gasteiger partial charge in [-0.1, -0.05) is 33.1 Å². The average Bonchev–Trinajstić information content (AvgIpc) is 2.61. The van der Waals surface area contributed by atoms with Crippen LogP contribution in [0.4, 0.5) is 0 Å². The summed E-state index contributed by atoms with van der Waals surface area (Å²) in [6.07, 6.45) is 5.44. The summed E-state index contributed by atoms with van der Waals surface area (Å²) >= 11 is 0. The van der Waals surface area contributed by atoms with E-state index in [0.29, 0.717) is 0 Å². The minimum absolute atomic E-state index is 0.193. The van der Waals surface area contributed by atoms with E-state index < -0.39 is 0 Å². The van der Waals surface area contributed by atoms with Crippen molar-refractivity contribution < 1.29 is 0 Å². The Morgan fingerprint density at radius 3 is 2.73 bits per heavy atom. The normalized spacial score (nSPS) is 41.6. The van der Waals surface area contributed by atoms with Crippen molar-refractivity contribution in [3.63, 3.8) is 0 Å². The molecule has 0 aromatic heterocycles. The number of hydrogen-bond donors (Lipinski definition) is 1. The van der Waals surface area contributed by atoms with E-state index in [2.05, 4.69) is 25.7 Å². The van der Waals surface area contributed by atoms with Gasteiger partial charge >= 0.3 is 0 Å². The van der Waals surface area contributed by atoms with Gasteiger partial charge in [0.15, 0.2) is 0 Å². The first kappa shape index (κ1) is 11.4. The van der Waals surface area contributed by atoms with Gasteiger partial charge in [0.05, 0.1) is 0 Å². The average molecular weight is 210 g/mol. The topological polar surface area (TPSA) is 29.3 Å². The number of fused-ring (bicyclic) bond motifs is 1. The maximum atomic E-state index is 6.34. The van der Waals surface area contributed by atoms with Crippen LogP contribution < -0.4 is 5.73 Å². The molecule has 2 unspecified atom stereocenters. The molecule has 15 heavy (non-hydrogen) atoms. The molecule has 1 saturated heterocycles. The molecule has 2 heteroatoms. The Hall–Kier alpha value is -0.0800. The molecule has 4 atom stereocenters. The third-order valence-electron chi connectivity index (χ3n) is 4.79. The van der Waals surface area contributed by atoms with Gasteiger partial charge in [0.1, 0.15) is 0 Å². The first-order chi connectivity index (χ1) is 7.09. The van der Waals surface area contributed by atoms with Gasteiger partial charge in [-0.05, 0) is 25.2 Å². The first-order valence-electron chi connectivity index (χ1n) is 6.62. The Labute approximate surface area is 94.2 Å². The van der Waals surface area contributed by atoms with Crippen LogP contribution in [0.15, 0.2) is 0 Å². The molecule has 0 aromatic rings. The monoisotopic (exact) mass is 210 g/mol. The van der Waals surface area contributed by atoms with Gasteiger partial charge in [-0.2, -0.15) is 0 Å². The third-order valence-corrected chi connectivity index (χ3v) is 4.79. The van der Waals surface area contributed by atoms with Gasteiger partial charge < -0.3 is 5.73 Å². The second-order valence-electron chi connectivity index (χ2n) is 5.78.